The lowest BCUT2D eigenvalue weighted by molar-refractivity contribution is -0.193. The van der Waals surface area contributed by atoms with Gasteiger partial charge in [0.1, 0.15) is 0 Å². The molecule has 3 unspecified atom stereocenters. The van der Waals surface area contributed by atoms with Gasteiger partial charge in [0.25, 0.3) is 0 Å². The van der Waals surface area contributed by atoms with Gasteiger partial charge in [-0.2, -0.15) is 47.9 Å². The van der Waals surface area contributed by atoms with Gasteiger partial charge in [0, 0.05) is 30.7 Å². The summed E-state index contributed by atoms with van der Waals surface area (Å²) in [4.78, 5) is 134. The van der Waals surface area contributed by atoms with Crippen LogP contribution in [0.25, 0.3) is 0 Å². The highest BCUT2D eigenvalue weighted by molar-refractivity contribution is 5.70. The summed E-state index contributed by atoms with van der Waals surface area (Å²) >= 11 is 0. The minimum absolute atomic E-state index is 0.0792. The Kier molecular flexibility index (Phi) is 40.0. The number of hydrogen-bond donors (Lipinski definition) is 4. The molecule has 0 aromatic heterocycles. The summed E-state index contributed by atoms with van der Waals surface area (Å²) in [6, 6.07) is 11.7. The average molecular weight is 1300 g/mol. The van der Waals surface area contributed by atoms with Crippen molar-refractivity contribution in [2.45, 2.75) is 190 Å². The minimum Gasteiger partial charge on any atom is -0.480 e. The highest BCUT2D eigenvalue weighted by atomic mass is 16.5. The molecule has 6 bridgehead atoms. The number of carboxylic acids is 4. The fraction of sp³-hybridized carbons (Fsp3) is 0.779. The van der Waals surface area contributed by atoms with Crippen LogP contribution in [0.4, 0.5) is 0 Å². The van der Waals surface area contributed by atoms with E-state index in [0.717, 1.165) is 72.7 Å². The van der Waals surface area contributed by atoms with Crippen LogP contribution in [0.1, 0.15) is 158 Å². The number of carbonyl (C=O) groups excluding carboxylic acids is 10. The van der Waals surface area contributed by atoms with Crippen LogP contribution in [0, 0.1) is 75.4 Å². The van der Waals surface area contributed by atoms with Gasteiger partial charge in [0.05, 0.1) is 38.9 Å². The molecule has 24 heteroatoms. The highest BCUT2D eigenvalue weighted by Gasteiger charge is 2.58. The van der Waals surface area contributed by atoms with E-state index in [0.29, 0.717) is 58.7 Å². The first-order valence-corrected chi connectivity index (χ1v) is 32.1. The quantitative estimate of drug-likeness (QED) is 0.110. The minimum atomic E-state index is -0.781. The van der Waals surface area contributed by atoms with E-state index in [4.69, 9.17) is 73.1 Å². The van der Waals surface area contributed by atoms with Crippen molar-refractivity contribution in [3.63, 3.8) is 0 Å². The molecule has 520 valence electrons. The Morgan fingerprint density at radius 1 is 0.467 bits per heavy atom. The predicted molar refractivity (Wildman–Crippen MR) is 333 cm³/mol. The largest absolute Gasteiger partial charge is 0.480 e. The van der Waals surface area contributed by atoms with E-state index in [1.807, 2.05) is 78.1 Å². The summed E-state index contributed by atoms with van der Waals surface area (Å²) in [6.07, 6.45) is 17.7. The van der Waals surface area contributed by atoms with Gasteiger partial charge in [0.2, 0.25) is 0 Å². The van der Waals surface area contributed by atoms with E-state index in [-0.39, 0.29) is 69.1 Å². The molecule has 0 saturated heterocycles. The highest BCUT2D eigenvalue weighted by Crippen LogP contribution is 2.63. The number of likely N-dealkylation sites (N-methyl/N-ethyl adjacent to an activating group) is 4. The van der Waals surface area contributed by atoms with Gasteiger partial charge in [-0.3, -0.25) is 38.8 Å². The van der Waals surface area contributed by atoms with Gasteiger partial charge in [0.15, 0.2) is 0 Å². The van der Waals surface area contributed by atoms with E-state index in [1.165, 1.54) is 70.9 Å². The van der Waals surface area contributed by atoms with Crippen LogP contribution in [0.5, 0.6) is 0 Å². The molecule has 1 aromatic rings. The maximum absolute atomic E-state index is 10.8. The average Bonchev–Trinajstić information content (AvgIpc) is 0.834. The van der Waals surface area contributed by atoms with E-state index >= 15 is 0 Å². The van der Waals surface area contributed by atoms with Crippen molar-refractivity contribution in [2.75, 3.05) is 74.5 Å². The Bertz CT molecular complexity index is 2410. The Morgan fingerprint density at radius 3 is 1.14 bits per heavy atom. The fourth-order valence-corrected chi connectivity index (χ4v) is 16.6. The number of fused-ring (bicyclic) bond motifs is 6. The summed E-state index contributed by atoms with van der Waals surface area (Å²) < 4.78 is 5.97. The molecule has 12 rings (SSSR count). The summed E-state index contributed by atoms with van der Waals surface area (Å²) in [6.45, 7) is 27.3. The smallest absolute Gasteiger partial charge is 0.373 e. The van der Waals surface area contributed by atoms with E-state index in [2.05, 4.69) is 81.2 Å². The number of rotatable bonds is 18. The number of nitrogens with zero attached hydrogens (tertiary/aromatic N) is 5. The third-order valence-corrected chi connectivity index (χ3v) is 22.1. The first-order chi connectivity index (χ1) is 43.1. The Balaban J connectivity index is 0.00000107. The van der Waals surface area contributed by atoms with Gasteiger partial charge in [-0.05, 0) is 200 Å². The van der Waals surface area contributed by atoms with Gasteiger partial charge >= 0.3 is 54.6 Å². The van der Waals surface area contributed by atoms with Crippen LogP contribution in [-0.4, -0.2) is 204 Å². The van der Waals surface area contributed by atoms with Crippen molar-refractivity contribution in [2.24, 2.45) is 75.4 Å². The van der Waals surface area contributed by atoms with Gasteiger partial charge in [-0.15, -0.1) is 0 Å². The van der Waals surface area contributed by atoms with Crippen molar-refractivity contribution >= 4 is 54.6 Å². The zero-order valence-electron chi connectivity index (χ0n) is 57.3. The van der Waals surface area contributed by atoms with E-state index in [9.17, 15) is 19.2 Å². The van der Waals surface area contributed by atoms with Gasteiger partial charge in [-0.1, -0.05) is 106 Å². The molecule has 24 nitrogen and oxygen atoms in total. The number of carbonyl (C=O) groups is 4. The Morgan fingerprint density at radius 2 is 0.815 bits per heavy atom. The van der Waals surface area contributed by atoms with E-state index in [1.54, 1.807) is 0 Å². The second-order valence-corrected chi connectivity index (χ2v) is 28.1. The molecule has 1 aromatic carbocycles. The fourth-order valence-electron chi connectivity index (χ4n) is 16.6. The molecule has 0 spiro atoms. The summed E-state index contributed by atoms with van der Waals surface area (Å²) in [7, 11) is 9.93. The lowest BCUT2D eigenvalue weighted by atomic mass is 9.44. The van der Waals surface area contributed by atoms with Crippen molar-refractivity contribution in [3.8, 4) is 0 Å². The third-order valence-electron chi connectivity index (χ3n) is 22.1. The Labute approximate surface area is 544 Å². The number of carboxylic acid groups (broad SMARTS) is 4. The number of benzene rings is 1. The molecule has 11 aliphatic rings. The molecule has 4 N–H and O–H groups in total. The molecular formula is C68H109N5O19. The molecular weight excluding hydrogens is 1190 g/mol. The SMILES string of the molecule is CCN(C)C[C@@H]1CC[C@H]2CC1C2(C)C.CN(CC(=O)O)[C@H]1CCC[C@@H]1OCc1ccccc1.C[C@@H]1C2C[C@@H](C[C@H]1N(C)CC(=O)O)C2(C)C.C[C@@H]1CCC[C@H]1N(C)CC(=O)O.C[C@H]1C2C[C@H](C[C@@H]1N(C)CC(=O)O)C2(C)C.O=C=O.O=C=O.O=C=O.O=C=O.O=C=O. The predicted octanol–water partition coefficient (Wildman–Crippen LogP) is 7.57. The van der Waals surface area contributed by atoms with Crippen molar-refractivity contribution in [1.29, 1.82) is 0 Å². The molecule has 11 saturated carbocycles. The zero-order chi connectivity index (χ0) is 70.9. The number of hydrogen-bond acceptors (Lipinski definition) is 20. The topological polar surface area (TPSA) is 345 Å². The van der Waals surface area contributed by atoms with E-state index < -0.39 is 23.9 Å². The lowest BCUT2D eigenvalue weighted by Crippen LogP contribution is -2.60. The maximum atomic E-state index is 10.8. The molecule has 0 amide bonds. The van der Waals surface area contributed by atoms with Crippen LogP contribution in [0.15, 0.2) is 30.3 Å². The molecule has 11 fully saturated rings. The second kappa shape index (κ2) is 42.9. The van der Waals surface area contributed by atoms with Gasteiger partial charge < -0.3 is 30.1 Å². The number of aliphatic carboxylic acids is 4. The normalized spacial score (nSPS) is 29.2. The van der Waals surface area contributed by atoms with Crippen LogP contribution in [0.3, 0.4) is 0 Å². The first kappa shape index (κ1) is 85.8. The van der Waals surface area contributed by atoms with Crippen LogP contribution in [0.2, 0.25) is 0 Å². The monoisotopic (exact) mass is 1300 g/mol. The standard InChI is InChI=1S/C15H21NO3.2C13H23NO2.C13H25N.C9H17NO2.5CO2/c1-16(10-15(17)18)13-8-5-9-14(13)19-11-12-6-3-2-4-7-12;2*1-8-10-5-9(13(10,2)3)6-11(8)14(4)7-12(15)16;1-5-14(4)9-10-6-7-11-8-12(10)13(11,2)3;1-7-4-3-5-8(7)10(2)6-9(11)12;5*2-1-3/h2-4,6-7,13-14H,5,8-11H2,1H3,(H,17,18);2*8-11H,5-7H2,1-4H3,(H,15,16);10-12H,5-9H2,1-4H3;7-8H,3-6H2,1-2H3,(H,11,12);;;;;/t13-,14-;2*8-,9+,10?,11-;10-,11-,12?;7-,8-;;;;;/m01001...../s1. The zero-order valence-corrected chi connectivity index (χ0v) is 57.3. The second-order valence-electron chi connectivity index (χ2n) is 28.1. The molecule has 0 radical (unpaired) electrons. The van der Waals surface area contributed by atoms with Crippen molar-refractivity contribution in [1.82, 2.24) is 24.5 Å². The van der Waals surface area contributed by atoms with Crippen LogP contribution in [-0.2, 0) is 78.5 Å². The molecule has 0 heterocycles. The molecule has 15 atom stereocenters. The molecule has 92 heavy (non-hydrogen) atoms. The molecule has 0 aliphatic heterocycles. The summed E-state index contributed by atoms with van der Waals surface area (Å²) in [5.74, 6) is 5.22. The van der Waals surface area contributed by atoms with Crippen molar-refractivity contribution < 1.29 is 92.3 Å². The molecule has 11 aliphatic carbocycles. The van der Waals surface area contributed by atoms with Crippen LogP contribution < -0.4 is 0 Å². The summed E-state index contributed by atoms with van der Waals surface area (Å²) in [5, 5.41) is 35.1. The summed E-state index contributed by atoms with van der Waals surface area (Å²) in [5.41, 5.74) is 2.80. The van der Waals surface area contributed by atoms with Gasteiger partial charge in [-0.25, -0.2) is 0 Å². The van der Waals surface area contributed by atoms with Crippen LogP contribution >= 0.6 is 0 Å². The van der Waals surface area contributed by atoms with Crippen molar-refractivity contribution in [3.05, 3.63) is 35.9 Å². The Hall–Kier alpha value is -6.24. The lowest BCUT2D eigenvalue weighted by Gasteiger charge is -2.63. The number of ether oxygens (including phenoxy) is 1. The first-order valence-electron chi connectivity index (χ1n) is 32.1. The maximum Gasteiger partial charge on any atom is 0.373 e. The third kappa shape index (κ3) is 27.0.